The number of rotatable bonds is 5. The Morgan fingerprint density at radius 2 is 1.91 bits per heavy atom. The summed E-state index contributed by atoms with van der Waals surface area (Å²) in [6.45, 7) is 5.20. The molecule has 7 heteroatoms. The van der Waals surface area contributed by atoms with Gasteiger partial charge in [0.25, 0.3) is 0 Å². The number of benzene rings is 1. The number of aliphatic hydroxyl groups excluding tert-OH is 1. The second-order valence-corrected chi connectivity index (χ2v) is 6.96. The van der Waals surface area contributed by atoms with Crippen LogP contribution in [0.15, 0.2) is 18.2 Å². The Bertz CT molecular complexity index is 553. The van der Waals surface area contributed by atoms with Gasteiger partial charge in [-0.2, -0.15) is 11.8 Å². The molecule has 1 aliphatic heterocycles. The molecule has 0 bridgehead atoms. The van der Waals surface area contributed by atoms with E-state index in [0.717, 1.165) is 36.7 Å². The molecular weight excluding hydrogens is 322 g/mol. The summed E-state index contributed by atoms with van der Waals surface area (Å²) in [5, 5.41) is 13.0. The maximum atomic E-state index is 13.3. The Kier molecular flexibility index (Phi) is 6.38. The zero-order valence-electron chi connectivity index (χ0n) is 13.3. The molecule has 1 fully saturated rings. The van der Waals surface area contributed by atoms with Gasteiger partial charge in [0.1, 0.15) is 0 Å². The van der Waals surface area contributed by atoms with E-state index in [4.69, 9.17) is 0 Å². The molecule has 0 aromatic heterocycles. The fourth-order valence-corrected chi connectivity index (χ4v) is 3.47. The SMILES string of the molecule is CC(NC(=O)C(C)N1CCSCC1)C(O)c1ccc(F)c(F)c1. The van der Waals surface area contributed by atoms with Crippen LogP contribution in [0, 0.1) is 11.6 Å². The molecule has 4 nitrogen and oxygen atoms in total. The lowest BCUT2D eigenvalue weighted by Crippen LogP contribution is -2.51. The van der Waals surface area contributed by atoms with Crippen molar-refractivity contribution in [2.75, 3.05) is 24.6 Å². The minimum Gasteiger partial charge on any atom is -0.386 e. The van der Waals surface area contributed by atoms with Crippen molar-refractivity contribution in [2.24, 2.45) is 0 Å². The Balaban J connectivity index is 1.95. The van der Waals surface area contributed by atoms with Gasteiger partial charge >= 0.3 is 0 Å². The van der Waals surface area contributed by atoms with Crippen molar-refractivity contribution in [1.29, 1.82) is 0 Å². The molecule has 1 aromatic rings. The highest BCUT2D eigenvalue weighted by molar-refractivity contribution is 7.99. The van der Waals surface area contributed by atoms with Gasteiger partial charge < -0.3 is 10.4 Å². The van der Waals surface area contributed by atoms with Gasteiger partial charge in [-0.1, -0.05) is 6.07 Å². The van der Waals surface area contributed by atoms with Gasteiger partial charge in [0.2, 0.25) is 5.91 Å². The quantitative estimate of drug-likeness (QED) is 0.857. The van der Waals surface area contributed by atoms with Gasteiger partial charge in [-0.3, -0.25) is 9.69 Å². The molecule has 128 valence electrons. The normalized spacial score (nSPS) is 19.9. The average molecular weight is 344 g/mol. The number of carbonyl (C=O) groups excluding carboxylic acids is 1. The van der Waals surface area contributed by atoms with E-state index in [9.17, 15) is 18.7 Å². The van der Waals surface area contributed by atoms with Crippen molar-refractivity contribution in [1.82, 2.24) is 10.2 Å². The van der Waals surface area contributed by atoms with E-state index in [0.29, 0.717) is 0 Å². The standard InChI is InChI=1S/C16H22F2N2O2S/c1-10(15(21)12-3-4-13(17)14(18)9-12)19-16(22)11(2)20-5-7-23-8-6-20/h3-4,9-11,15,21H,5-8H2,1-2H3,(H,19,22). The molecule has 0 radical (unpaired) electrons. The van der Waals surface area contributed by atoms with Crippen LogP contribution in [0.4, 0.5) is 8.78 Å². The van der Waals surface area contributed by atoms with Crippen LogP contribution in [0.2, 0.25) is 0 Å². The van der Waals surface area contributed by atoms with Crippen molar-refractivity contribution in [3.05, 3.63) is 35.4 Å². The molecule has 1 heterocycles. The Labute approximate surface area is 139 Å². The Morgan fingerprint density at radius 1 is 1.26 bits per heavy atom. The lowest BCUT2D eigenvalue weighted by Gasteiger charge is -2.32. The lowest BCUT2D eigenvalue weighted by molar-refractivity contribution is -0.127. The minimum absolute atomic E-state index is 0.175. The first-order chi connectivity index (χ1) is 10.9. The summed E-state index contributed by atoms with van der Waals surface area (Å²) >= 11 is 1.87. The largest absolute Gasteiger partial charge is 0.386 e. The summed E-state index contributed by atoms with van der Waals surface area (Å²) in [7, 11) is 0. The number of aliphatic hydroxyl groups is 1. The zero-order chi connectivity index (χ0) is 17.0. The van der Waals surface area contributed by atoms with Crippen LogP contribution >= 0.6 is 11.8 Å². The summed E-state index contributed by atoms with van der Waals surface area (Å²) in [4.78, 5) is 14.4. The van der Waals surface area contributed by atoms with Crippen LogP contribution in [0.3, 0.4) is 0 Å². The Morgan fingerprint density at radius 3 is 2.52 bits per heavy atom. The first kappa shape index (κ1) is 18.2. The second kappa shape index (κ2) is 8.08. The maximum absolute atomic E-state index is 13.3. The van der Waals surface area contributed by atoms with Gasteiger partial charge in [0, 0.05) is 24.6 Å². The smallest absolute Gasteiger partial charge is 0.237 e. The number of nitrogens with zero attached hydrogens (tertiary/aromatic N) is 1. The van der Waals surface area contributed by atoms with Gasteiger partial charge in [-0.15, -0.1) is 0 Å². The zero-order valence-corrected chi connectivity index (χ0v) is 14.1. The summed E-state index contributed by atoms with van der Waals surface area (Å²) in [5.74, 6) is -0.144. The minimum atomic E-state index is -1.10. The lowest BCUT2D eigenvalue weighted by atomic mass is 10.0. The van der Waals surface area contributed by atoms with E-state index >= 15 is 0 Å². The number of halogens is 2. The third-order valence-corrected chi connectivity index (χ3v) is 5.04. The highest BCUT2D eigenvalue weighted by atomic mass is 32.2. The molecular formula is C16H22F2N2O2S. The van der Waals surface area contributed by atoms with Crippen LogP contribution in [-0.4, -0.2) is 52.6 Å². The summed E-state index contributed by atoms with van der Waals surface area (Å²) in [6.07, 6.45) is -1.10. The van der Waals surface area contributed by atoms with Crippen LogP contribution in [0.1, 0.15) is 25.5 Å². The molecule has 2 N–H and O–H groups in total. The molecule has 1 saturated heterocycles. The molecule has 3 unspecified atom stereocenters. The Hall–Kier alpha value is -1.18. The van der Waals surface area contributed by atoms with E-state index in [1.807, 2.05) is 18.7 Å². The van der Waals surface area contributed by atoms with Gasteiger partial charge in [-0.25, -0.2) is 8.78 Å². The predicted molar refractivity (Wildman–Crippen MR) is 87.3 cm³/mol. The molecule has 2 rings (SSSR count). The number of nitrogens with one attached hydrogen (secondary N) is 1. The van der Waals surface area contributed by atoms with Crippen LogP contribution in [0.5, 0.6) is 0 Å². The van der Waals surface area contributed by atoms with Crippen molar-refractivity contribution in [3.63, 3.8) is 0 Å². The van der Waals surface area contributed by atoms with E-state index in [-0.39, 0.29) is 17.5 Å². The van der Waals surface area contributed by atoms with E-state index < -0.39 is 23.8 Å². The van der Waals surface area contributed by atoms with Crippen molar-refractivity contribution in [2.45, 2.75) is 32.0 Å². The number of hydrogen-bond acceptors (Lipinski definition) is 4. The van der Waals surface area contributed by atoms with Crippen LogP contribution in [0.25, 0.3) is 0 Å². The number of amides is 1. The molecule has 0 saturated carbocycles. The fraction of sp³-hybridized carbons (Fsp3) is 0.562. The monoisotopic (exact) mass is 344 g/mol. The third-order valence-electron chi connectivity index (χ3n) is 4.10. The van der Waals surface area contributed by atoms with Gasteiger partial charge in [0.05, 0.1) is 18.2 Å². The van der Waals surface area contributed by atoms with Crippen molar-refractivity contribution < 1.29 is 18.7 Å². The third kappa shape index (κ3) is 4.65. The van der Waals surface area contributed by atoms with Crippen LogP contribution in [-0.2, 0) is 4.79 Å². The van der Waals surface area contributed by atoms with Crippen molar-refractivity contribution in [3.8, 4) is 0 Å². The number of thioether (sulfide) groups is 1. The molecule has 23 heavy (non-hydrogen) atoms. The van der Waals surface area contributed by atoms with Gasteiger partial charge in [0.15, 0.2) is 11.6 Å². The first-order valence-electron chi connectivity index (χ1n) is 7.65. The van der Waals surface area contributed by atoms with E-state index in [2.05, 4.69) is 10.2 Å². The molecule has 1 aliphatic rings. The molecule has 1 amide bonds. The fourth-order valence-electron chi connectivity index (χ4n) is 2.54. The topological polar surface area (TPSA) is 52.6 Å². The molecule has 1 aromatic carbocycles. The highest BCUT2D eigenvalue weighted by Crippen LogP contribution is 2.20. The van der Waals surface area contributed by atoms with E-state index in [1.54, 1.807) is 6.92 Å². The molecule has 3 atom stereocenters. The van der Waals surface area contributed by atoms with Crippen LogP contribution < -0.4 is 5.32 Å². The summed E-state index contributed by atoms with van der Waals surface area (Å²) in [5.41, 5.74) is 0.235. The average Bonchev–Trinajstić information content (AvgIpc) is 2.56. The maximum Gasteiger partial charge on any atom is 0.237 e. The molecule has 0 aliphatic carbocycles. The summed E-state index contributed by atoms with van der Waals surface area (Å²) in [6, 6.07) is 2.35. The van der Waals surface area contributed by atoms with Crippen molar-refractivity contribution >= 4 is 17.7 Å². The number of hydrogen-bond donors (Lipinski definition) is 2. The second-order valence-electron chi connectivity index (χ2n) is 5.74. The van der Waals surface area contributed by atoms with Gasteiger partial charge in [-0.05, 0) is 31.5 Å². The highest BCUT2D eigenvalue weighted by Gasteiger charge is 2.26. The van der Waals surface area contributed by atoms with E-state index in [1.165, 1.54) is 6.07 Å². The number of carbonyl (C=O) groups is 1. The molecule has 0 spiro atoms. The summed E-state index contributed by atoms with van der Waals surface area (Å²) < 4.78 is 26.2. The predicted octanol–water partition coefficient (Wildman–Crippen LogP) is 1.94. The first-order valence-corrected chi connectivity index (χ1v) is 8.81.